The molecule has 1 unspecified atom stereocenters. The molecule has 0 saturated heterocycles. The standard InChI is InChI=1S/C13H18N4O/c1-2-9-18-11-6-4-3-5-10(11)12(17-14)13-15-7-8-16-13/h3-8,12,17H,2,9,14H2,1H3,(H,15,16). The highest BCUT2D eigenvalue weighted by atomic mass is 16.5. The van der Waals surface area contributed by atoms with E-state index in [1.807, 2.05) is 24.3 Å². The van der Waals surface area contributed by atoms with E-state index in [0.717, 1.165) is 23.6 Å². The van der Waals surface area contributed by atoms with E-state index in [-0.39, 0.29) is 6.04 Å². The van der Waals surface area contributed by atoms with E-state index in [0.29, 0.717) is 6.61 Å². The van der Waals surface area contributed by atoms with Crippen LogP contribution in [0.25, 0.3) is 0 Å². The number of nitrogens with zero attached hydrogens (tertiary/aromatic N) is 1. The van der Waals surface area contributed by atoms with Gasteiger partial charge in [-0.25, -0.2) is 10.4 Å². The third kappa shape index (κ3) is 2.69. The zero-order valence-corrected chi connectivity index (χ0v) is 10.4. The van der Waals surface area contributed by atoms with Crippen molar-refractivity contribution >= 4 is 0 Å². The van der Waals surface area contributed by atoms with Gasteiger partial charge in [-0.1, -0.05) is 25.1 Å². The van der Waals surface area contributed by atoms with Crippen LogP contribution >= 0.6 is 0 Å². The van der Waals surface area contributed by atoms with Crippen molar-refractivity contribution in [1.29, 1.82) is 0 Å². The molecule has 1 heterocycles. The van der Waals surface area contributed by atoms with Gasteiger partial charge in [0.1, 0.15) is 17.6 Å². The number of imidazole rings is 1. The molecule has 0 aliphatic heterocycles. The molecule has 5 heteroatoms. The molecule has 0 amide bonds. The van der Waals surface area contributed by atoms with E-state index in [9.17, 15) is 0 Å². The highest BCUT2D eigenvalue weighted by Gasteiger charge is 2.18. The minimum absolute atomic E-state index is 0.201. The maximum absolute atomic E-state index is 5.73. The average molecular weight is 246 g/mol. The molecule has 0 aliphatic rings. The van der Waals surface area contributed by atoms with Gasteiger partial charge in [-0.15, -0.1) is 0 Å². The Morgan fingerprint density at radius 3 is 2.94 bits per heavy atom. The summed E-state index contributed by atoms with van der Waals surface area (Å²) in [5.74, 6) is 7.23. The van der Waals surface area contributed by atoms with Crippen molar-refractivity contribution in [1.82, 2.24) is 15.4 Å². The number of rotatable bonds is 6. The molecule has 0 radical (unpaired) electrons. The lowest BCUT2D eigenvalue weighted by Gasteiger charge is -2.18. The molecule has 1 aromatic heterocycles. The lowest BCUT2D eigenvalue weighted by molar-refractivity contribution is 0.311. The number of ether oxygens (including phenoxy) is 1. The third-order valence-corrected chi connectivity index (χ3v) is 2.65. The molecule has 2 rings (SSSR count). The van der Waals surface area contributed by atoms with Gasteiger partial charge in [-0.3, -0.25) is 5.84 Å². The van der Waals surface area contributed by atoms with Crippen LogP contribution in [0.15, 0.2) is 36.7 Å². The summed E-state index contributed by atoms with van der Waals surface area (Å²) in [6, 6.07) is 7.63. The normalized spacial score (nSPS) is 12.3. The number of nitrogens with one attached hydrogen (secondary N) is 2. The number of aromatic nitrogens is 2. The first-order chi connectivity index (χ1) is 8.86. The number of aromatic amines is 1. The number of benzene rings is 1. The summed E-state index contributed by atoms with van der Waals surface area (Å²) < 4.78 is 5.73. The Labute approximate surface area is 106 Å². The molecule has 0 fully saturated rings. The molecule has 1 atom stereocenters. The second kappa shape index (κ2) is 6.18. The van der Waals surface area contributed by atoms with E-state index in [4.69, 9.17) is 10.6 Å². The highest BCUT2D eigenvalue weighted by molar-refractivity contribution is 5.38. The van der Waals surface area contributed by atoms with Crippen molar-refractivity contribution in [3.8, 4) is 5.75 Å². The molecule has 0 aliphatic carbocycles. The van der Waals surface area contributed by atoms with Crippen LogP contribution in [0.4, 0.5) is 0 Å². The molecule has 0 spiro atoms. The Morgan fingerprint density at radius 1 is 1.44 bits per heavy atom. The van der Waals surface area contributed by atoms with Gasteiger partial charge >= 0.3 is 0 Å². The van der Waals surface area contributed by atoms with Gasteiger partial charge in [0.05, 0.1) is 6.61 Å². The Balaban J connectivity index is 2.30. The quantitative estimate of drug-likeness (QED) is 0.536. The largest absolute Gasteiger partial charge is 0.493 e. The maximum atomic E-state index is 5.73. The van der Waals surface area contributed by atoms with Gasteiger partial charge in [-0.05, 0) is 12.5 Å². The van der Waals surface area contributed by atoms with Crippen molar-refractivity contribution in [3.05, 3.63) is 48.0 Å². The summed E-state index contributed by atoms with van der Waals surface area (Å²) in [5.41, 5.74) is 3.74. The van der Waals surface area contributed by atoms with Crippen LogP contribution in [0.2, 0.25) is 0 Å². The number of para-hydroxylation sites is 1. The van der Waals surface area contributed by atoms with Crippen LogP contribution in [0.3, 0.4) is 0 Å². The van der Waals surface area contributed by atoms with E-state index in [1.54, 1.807) is 12.4 Å². The first-order valence-electron chi connectivity index (χ1n) is 6.04. The number of H-pyrrole nitrogens is 1. The monoisotopic (exact) mass is 246 g/mol. The number of hydrazine groups is 1. The van der Waals surface area contributed by atoms with E-state index < -0.39 is 0 Å². The predicted octanol–water partition coefficient (Wildman–Crippen LogP) is 1.75. The van der Waals surface area contributed by atoms with Crippen LogP contribution in [0, 0.1) is 0 Å². The minimum atomic E-state index is -0.201. The van der Waals surface area contributed by atoms with Crippen LogP contribution < -0.4 is 16.0 Å². The summed E-state index contributed by atoms with van der Waals surface area (Å²) in [6.45, 7) is 2.76. The Morgan fingerprint density at radius 2 is 2.28 bits per heavy atom. The summed E-state index contributed by atoms with van der Waals surface area (Å²) in [7, 11) is 0. The summed E-state index contributed by atoms with van der Waals surface area (Å²) in [4.78, 5) is 7.29. The fourth-order valence-corrected chi connectivity index (χ4v) is 1.81. The van der Waals surface area contributed by atoms with Gasteiger partial charge < -0.3 is 9.72 Å². The van der Waals surface area contributed by atoms with Gasteiger partial charge in [-0.2, -0.15) is 0 Å². The zero-order valence-electron chi connectivity index (χ0n) is 10.4. The van der Waals surface area contributed by atoms with Crippen LogP contribution in [-0.4, -0.2) is 16.6 Å². The lowest BCUT2D eigenvalue weighted by atomic mass is 10.1. The molecule has 0 bridgehead atoms. The predicted molar refractivity (Wildman–Crippen MR) is 70.0 cm³/mol. The Bertz CT molecular complexity index is 470. The molecule has 4 N–H and O–H groups in total. The van der Waals surface area contributed by atoms with Crippen molar-refractivity contribution in [3.63, 3.8) is 0 Å². The molecule has 96 valence electrons. The Hall–Kier alpha value is -1.85. The van der Waals surface area contributed by atoms with E-state index in [2.05, 4.69) is 22.3 Å². The van der Waals surface area contributed by atoms with Gasteiger partial charge in [0.15, 0.2) is 0 Å². The molecule has 0 saturated carbocycles. The van der Waals surface area contributed by atoms with Crippen molar-refractivity contribution in [2.75, 3.05) is 6.61 Å². The average Bonchev–Trinajstić information content (AvgIpc) is 2.92. The summed E-state index contributed by atoms with van der Waals surface area (Å²) in [5, 5.41) is 0. The van der Waals surface area contributed by atoms with E-state index >= 15 is 0 Å². The second-order valence-corrected chi connectivity index (χ2v) is 3.96. The fourth-order valence-electron chi connectivity index (χ4n) is 1.81. The number of nitrogens with two attached hydrogens (primary N) is 1. The van der Waals surface area contributed by atoms with Gasteiger partial charge in [0.2, 0.25) is 0 Å². The Kier molecular flexibility index (Phi) is 4.33. The SMILES string of the molecule is CCCOc1ccccc1C(NN)c1ncc[nH]1. The smallest absolute Gasteiger partial charge is 0.129 e. The maximum Gasteiger partial charge on any atom is 0.129 e. The first kappa shape index (κ1) is 12.6. The molecule has 5 nitrogen and oxygen atoms in total. The van der Waals surface area contributed by atoms with Crippen LogP contribution in [0.5, 0.6) is 5.75 Å². The fraction of sp³-hybridized carbons (Fsp3) is 0.308. The highest BCUT2D eigenvalue weighted by Crippen LogP contribution is 2.27. The van der Waals surface area contributed by atoms with Crippen LogP contribution in [-0.2, 0) is 0 Å². The molecular weight excluding hydrogens is 228 g/mol. The first-order valence-corrected chi connectivity index (χ1v) is 6.04. The van der Waals surface area contributed by atoms with Crippen LogP contribution in [0.1, 0.15) is 30.8 Å². The summed E-state index contributed by atoms with van der Waals surface area (Å²) >= 11 is 0. The van der Waals surface area contributed by atoms with Crippen molar-refractivity contribution in [2.24, 2.45) is 5.84 Å². The molecule has 1 aromatic carbocycles. The zero-order chi connectivity index (χ0) is 12.8. The second-order valence-electron chi connectivity index (χ2n) is 3.96. The summed E-state index contributed by atoms with van der Waals surface area (Å²) in [6.07, 6.45) is 4.44. The van der Waals surface area contributed by atoms with E-state index in [1.165, 1.54) is 0 Å². The molecular formula is C13H18N4O. The van der Waals surface area contributed by atoms with Gasteiger partial charge in [0, 0.05) is 18.0 Å². The number of hydrogen-bond donors (Lipinski definition) is 3. The van der Waals surface area contributed by atoms with Gasteiger partial charge in [0.25, 0.3) is 0 Å². The molecule has 18 heavy (non-hydrogen) atoms. The lowest BCUT2D eigenvalue weighted by Crippen LogP contribution is -2.30. The van der Waals surface area contributed by atoms with Crippen molar-refractivity contribution < 1.29 is 4.74 Å². The topological polar surface area (TPSA) is 76.0 Å². The molecule has 2 aromatic rings. The minimum Gasteiger partial charge on any atom is -0.493 e. The third-order valence-electron chi connectivity index (χ3n) is 2.65. The number of hydrogen-bond acceptors (Lipinski definition) is 4. The van der Waals surface area contributed by atoms with Crippen molar-refractivity contribution in [2.45, 2.75) is 19.4 Å².